The number of tetrazole rings is 1. The molecule has 0 N–H and O–H groups in total. The minimum atomic E-state index is 0.362. The first-order valence-corrected chi connectivity index (χ1v) is 9.18. The number of hydrogen-bond donors (Lipinski definition) is 0. The third-order valence-electron chi connectivity index (χ3n) is 5.28. The van der Waals surface area contributed by atoms with Crippen molar-refractivity contribution in [1.82, 2.24) is 30.0 Å². The van der Waals surface area contributed by atoms with E-state index in [9.17, 15) is 0 Å². The van der Waals surface area contributed by atoms with Crippen molar-refractivity contribution in [3.05, 3.63) is 18.5 Å². The van der Waals surface area contributed by atoms with Crippen LogP contribution in [0.15, 0.2) is 12.7 Å². The Morgan fingerprint density at radius 3 is 2.61 bits per heavy atom. The van der Waals surface area contributed by atoms with Crippen molar-refractivity contribution < 1.29 is 0 Å². The summed E-state index contributed by atoms with van der Waals surface area (Å²) >= 11 is 0. The molecular formula is C17H30N6. The predicted molar refractivity (Wildman–Crippen MR) is 91.2 cm³/mol. The fraction of sp³-hybridized carbons (Fsp3) is 0.824. The zero-order valence-electron chi connectivity index (χ0n) is 14.4. The number of hydrogen-bond acceptors (Lipinski definition) is 5. The minimum absolute atomic E-state index is 0.362. The molecule has 1 aromatic rings. The van der Waals surface area contributed by atoms with E-state index in [1.807, 2.05) is 6.08 Å². The lowest BCUT2D eigenvalue weighted by Crippen LogP contribution is -2.48. The van der Waals surface area contributed by atoms with Crippen molar-refractivity contribution in [2.24, 2.45) is 0 Å². The quantitative estimate of drug-likeness (QED) is 0.723. The van der Waals surface area contributed by atoms with Crippen molar-refractivity contribution in [3.8, 4) is 0 Å². The SMILES string of the molecule is C=CCN1CCN(C(CCC)c2nnnn2C2CCCC2)CC1. The van der Waals surface area contributed by atoms with Gasteiger partial charge in [-0.1, -0.05) is 32.3 Å². The Bertz CT molecular complexity index is 485. The van der Waals surface area contributed by atoms with E-state index in [2.05, 4.69) is 43.5 Å². The van der Waals surface area contributed by atoms with Gasteiger partial charge in [-0.15, -0.1) is 11.7 Å². The van der Waals surface area contributed by atoms with Crippen LogP contribution in [0.5, 0.6) is 0 Å². The van der Waals surface area contributed by atoms with Crippen LogP contribution in [0.3, 0.4) is 0 Å². The summed E-state index contributed by atoms with van der Waals surface area (Å²) in [7, 11) is 0. The monoisotopic (exact) mass is 318 g/mol. The average Bonchev–Trinajstić information content (AvgIpc) is 3.25. The van der Waals surface area contributed by atoms with Crippen LogP contribution in [0, 0.1) is 0 Å². The molecule has 1 atom stereocenters. The molecule has 0 radical (unpaired) electrons. The van der Waals surface area contributed by atoms with E-state index in [1.54, 1.807) is 0 Å². The number of piperazine rings is 1. The van der Waals surface area contributed by atoms with Gasteiger partial charge in [-0.25, -0.2) is 4.68 Å². The average molecular weight is 318 g/mol. The van der Waals surface area contributed by atoms with E-state index in [0.717, 1.165) is 51.4 Å². The summed E-state index contributed by atoms with van der Waals surface area (Å²) < 4.78 is 2.14. The molecule has 1 unspecified atom stereocenters. The maximum absolute atomic E-state index is 4.44. The van der Waals surface area contributed by atoms with Gasteiger partial charge in [-0.05, 0) is 29.7 Å². The van der Waals surface area contributed by atoms with Gasteiger partial charge in [0.05, 0.1) is 12.1 Å². The Labute approximate surface area is 139 Å². The van der Waals surface area contributed by atoms with Gasteiger partial charge in [0.1, 0.15) is 0 Å². The van der Waals surface area contributed by atoms with Gasteiger partial charge in [0, 0.05) is 32.7 Å². The van der Waals surface area contributed by atoms with Crippen LogP contribution >= 0.6 is 0 Å². The van der Waals surface area contributed by atoms with Gasteiger partial charge in [0.25, 0.3) is 0 Å². The summed E-state index contributed by atoms with van der Waals surface area (Å²) in [5.74, 6) is 1.09. The molecule has 2 fully saturated rings. The Balaban J connectivity index is 1.72. The van der Waals surface area contributed by atoms with Crippen LogP contribution < -0.4 is 0 Å². The molecule has 2 heterocycles. The van der Waals surface area contributed by atoms with E-state index in [4.69, 9.17) is 0 Å². The lowest BCUT2D eigenvalue weighted by molar-refractivity contribution is 0.0910. The highest BCUT2D eigenvalue weighted by molar-refractivity contribution is 4.97. The first-order chi connectivity index (χ1) is 11.3. The Morgan fingerprint density at radius 1 is 1.22 bits per heavy atom. The van der Waals surface area contributed by atoms with Crippen molar-refractivity contribution in [1.29, 1.82) is 0 Å². The maximum Gasteiger partial charge on any atom is 0.168 e. The number of aromatic nitrogens is 4. The lowest BCUT2D eigenvalue weighted by Gasteiger charge is -2.38. The van der Waals surface area contributed by atoms with E-state index >= 15 is 0 Å². The molecule has 0 amide bonds. The molecule has 6 heteroatoms. The topological polar surface area (TPSA) is 50.1 Å². The van der Waals surface area contributed by atoms with Gasteiger partial charge in [-0.3, -0.25) is 9.80 Å². The highest BCUT2D eigenvalue weighted by Gasteiger charge is 2.31. The molecule has 2 aliphatic rings. The summed E-state index contributed by atoms with van der Waals surface area (Å²) in [5, 5.41) is 12.8. The second kappa shape index (κ2) is 8.02. The van der Waals surface area contributed by atoms with Crippen molar-refractivity contribution >= 4 is 0 Å². The largest absolute Gasteiger partial charge is 0.297 e. The van der Waals surface area contributed by atoms with Crippen LogP contribution in [-0.4, -0.2) is 62.7 Å². The minimum Gasteiger partial charge on any atom is -0.297 e. The molecule has 1 aromatic heterocycles. The first kappa shape index (κ1) is 16.6. The molecule has 0 bridgehead atoms. The summed E-state index contributed by atoms with van der Waals surface area (Å²) in [4.78, 5) is 5.05. The standard InChI is InChI=1S/C17H30N6/c1-3-7-16(22-13-11-21(10-4-2)12-14-22)17-18-19-20-23(17)15-8-5-6-9-15/h4,15-16H,2-3,5-14H2,1H3. The van der Waals surface area contributed by atoms with Gasteiger partial charge in [0.15, 0.2) is 5.82 Å². The van der Waals surface area contributed by atoms with E-state index in [0.29, 0.717) is 12.1 Å². The molecule has 23 heavy (non-hydrogen) atoms. The number of nitrogens with zero attached hydrogens (tertiary/aromatic N) is 6. The van der Waals surface area contributed by atoms with E-state index in [-0.39, 0.29) is 0 Å². The fourth-order valence-corrected chi connectivity index (χ4v) is 4.02. The van der Waals surface area contributed by atoms with E-state index < -0.39 is 0 Å². The van der Waals surface area contributed by atoms with Crippen molar-refractivity contribution in [2.75, 3.05) is 32.7 Å². The Kier molecular flexibility index (Phi) is 5.78. The summed E-state index contributed by atoms with van der Waals surface area (Å²) in [6, 6.07) is 0.878. The van der Waals surface area contributed by atoms with Crippen LogP contribution in [-0.2, 0) is 0 Å². The predicted octanol–water partition coefficient (Wildman–Crippen LogP) is 2.43. The molecular weight excluding hydrogens is 288 g/mol. The van der Waals surface area contributed by atoms with Crippen LogP contribution in [0.2, 0.25) is 0 Å². The fourth-order valence-electron chi connectivity index (χ4n) is 4.02. The molecule has 6 nitrogen and oxygen atoms in total. The zero-order chi connectivity index (χ0) is 16.1. The lowest BCUT2D eigenvalue weighted by atomic mass is 10.1. The summed E-state index contributed by atoms with van der Waals surface area (Å²) in [5.41, 5.74) is 0. The molecule has 1 aliphatic heterocycles. The Hall–Kier alpha value is -1.27. The van der Waals surface area contributed by atoms with E-state index in [1.165, 1.54) is 25.7 Å². The highest BCUT2D eigenvalue weighted by atomic mass is 15.6. The second-order valence-corrected chi connectivity index (χ2v) is 6.85. The molecule has 1 saturated carbocycles. The van der Waals surface area contributed by atoms with Crippen LogP contribution in [0.1, 0.15) is 63.4 Å². The second-order valence-electron chi connectivity index (χ2n) is 6.85. The zero-order valence-corrected chi connectivity index (χ0v) is 14.4. The van der Waals surface area contributed by atoms with Crippen molar-refractivity contribution in [3.63, 3.8) is 0 Å². The van der Waals surface area contributed by atoms with Gasteiger partial charge in [-0.2, -0.15) is 0 Å². The Morgan fingerprint density at radius 2 is 1.96 bits per heavy atom. The molecule has 0 aromatic carbocycles. The molecule has 0 spiro atoms. The maximum atomic E-state index is 4.44. The molecule has 1 saturated heterocycles. The summed E-state index contributed by atoms with van der Waals surface area (Å²) in [6.07, 6.45) is 9.36. The van der Waals surface area contributed by atoms with Crippen LogP contribution in [0.4, 0.5) is 0 Å². The normalized spacial score (nSPS) is 22.5. The highest BCUT2D eigenvalue weighted by Crippen LogP contribution is 2.33. The first-order valence-electron chi connectivity index (χ1n) is 9.18. The summed E-state index contributed by atoms with van der Waals surface area (Å²) in [6.45, 7) is 11.5. The molecule has 128 valence electrons. The van der Waals surface area contributed by atoms with Crippen LogP contribution in [0.25, 0.3) is 0 Å². The third kappa shape index (κ3) is 3.80. The third-order valence-corrected chi connectivity index (χ3v) is 5.28. The van der Waals surface area contributed by atoms with Gasteiger partial charge < -0.3 is 0 Å². The number of rotatable bonds is 7. The smallest absolute Gasteiger partial charge is 0.168 e. The van der Waals surface area contributed by atoms with Gasteiger partial charge in [0.2, 0.25) is 0 Å². The van der Waals surface area contributed by atoms with Crippen molar-refractivity contribution in [2.45, 2.75) is 57.5 Å². The van der Waals surface area contributed by atoms with Gasteiger partial charge >= 0.3 is 0 Å². The molecule has 3 rings (SSSR count). The molecule has 1 aliphatic carbocycles.